The lowest BCUT2D eigenvalue weighted by molar-refractivity contribution is -0.159. The van der Waals surface area contributed by atoms with E-state index >= 15 is 0 Å². The van der Waals surface area contributed by atoms with Crippen LogP contribution in [0.15, 0.2) is 0 Å². The number of fused-ring (bicyclic) bond motifs is 2. The van der Waals surface area contributed by atoms with Crippen molar-refractivity contribution in [3.63, 3.8) is 0 Å². The maximum atomic E-state index is 11.8. The first-order chi connectivity index (χ1) is 6.66. The summed E-state index contributed by atoms with van der Waals surface area (Å²) in [6.07, 6.45) is 6.31. The molecule has 2 aliphatic carbocycles. The third-order valence-electron chi connectivity index (χ3n) is 3.85. The lowest BCUT2D eigenvalue weighted by atomic mass is 9.61. The third kappa shape index (κ3) is 2.17. The molecule has 3 atom stereocenters. The Balaban J connectivity index is 0.00000112. The maximum absolute atomic E-state index is 11.8. The van der Waals surface area contributed by atoms with Gasteiger partial charge in [-0.15, -0.1) is 0 Å². The van der Waals surface area contributed by atoms with Crippen molar-refractivity contribution < 1.29 is 9.53 Å². The van der Waals surface area contributed by atoms with Crippen LogP contribution in [0.25, 0.3) is 0 Å². The summed E-state index contributed by atoms with van der Waals surface area (Å²) in [6.45, 7) is 0. The summed E-state index contributed by atoms with van der Waals surface area (Å²) in [7, 11) is 1.49. The molecule has 3 unspecified atom stereocenters. The van der Waals surface area contributed by atoms with Crippen LogP contribution in [0.2, 0.25) is 0 Å². The van der Waals surface area contributed by atoms with Crippen molar-refractivity contribution >= 4 is 5.97 Å². The highest BCUT2D eigenvalue weighted by Gasteiger charge is 2.47. The minimum Gasteiger partial charge on any atom is -0.469 e. The van der Waals surface area contributed by atoms with Gasteiger partial charge in [-0.3, -0.25) is 4.79 Å². The van der Waals surface area contributed by atoms with Crippen molar-refractivity contribution in [2.45, 2.75) is 52.0 Å². The summed E-state index contributed by atoms with van der Waals surface area (Å²) < 4.78 is 4.92. The van der Waals surface area contributed by atoms with Gasteiger partial charge in [0.2, 0.25) is 0 Å². The summed E-state index contributed by atoms with van der Waals surface area (Å²) >= 11 is 0. The van der Waals surface area contributed by atoms with E-state index in [4.69, 9.17) is 10.5 Å². The Morgan fingerprint density at radius 3 is 2.87 bits per heavy atom. The first-order valence-corrected chi connectivity index (χ1v) is 5.50. The van der Waals surface area contributed by atoms with Crippen molar-refractivity contribution in [3.05, 3.63) is 0 Å². The number of ether oxygens (including phenoxy) is 1. The van der Waals surface area contributed by atoms with Crippen LogP contribution in [-0.2, 0) is 9.53 Å². The molecule has 88 valence electrons. The van der Waals surface area contributed by atoms with E-state index in [1.165, 1.54) is 13.5 Å². The third-order valence-corrected chi connectivity index (χ3v) is 3.85. The number of nitrogens with two attached hydrogens (primary N) is 1. The number of methoxy groups -OCH3 is 1. The van der Waals surface area contributed by atoms with Crippen LogP contribution in [0.5, 0.6) is 0 Å². The van der Waals surface area contributed by atoms with Crippen LogP contribution in [0, 0.1) is 11.3 Å². The average Bonchev–Trinajstić information content (AvgIpc) is 2.15. The molecule has 2 rings (SSSR count). The fourth-order valence-corrected chi connectivity index (χ4v) is 3.37. The van der Waals surface area contributed by atoms with E-state index in [0.717, 1.165) is 32.1 Å². The van der Waals surface area contributed by atoms with E-state index in [1.807, 2.05) is 0 Å². The fraction of sp³-hybridized carbons (Fsp3) is 0.917. The van der Waals surface area contributed by atoms with Crippen LogP contribution in [0.1, 0.15) is 46.0 Å². The predicted molar refractivity (Wildman–Crippen MR) is 60.3 cm³/mol. The lowest BCUT2D eigenvalue weighted by Gasteiger charge is -2.45. The molecule has 0 heterocycles. The number of carbonyl (C=O) groups is 1. The van der Waals surface area contributed by atoms with Gasteiger partial charge in [-0.25, -0.2) is 0 Å². The summed E-state index contributed by atoms with van der Waals surface area (Å²) in [6, 6.07) is 0.202. The van der Waals surface area contributed by atoms with Crippen LogP contribution < -0.4 is 5.73 Å². The zero-order valence-corrected chi connectivity index (χ0v) is 8.79. The second-order valence-corrected chi connectivity index (χ2v) is 4.93. The SMILES string of the molecule is C.COC(=O)C12CCCC(CC(N)C1)C2. The second-order valence-electron chi connectivity index (χ2n) is 4.93. The summed E-state index contributed by atoms with van der Waals surface area (Å²) in [5.74, 6) is 0.629. The number of esters is 1. The minimum absolute atomic E-state index is 0. The van der Waals surface area contributed by atoms with Gasteiger partial charge in [0.25, 0.3) is 0 Å². The molecule has 15 heavy (non-hydrogen) atoms. The smallest absolute Gasteiger partial charge is 0.311 e. The Morgan fingerprint density at radius 2 is 2.20 bits per heavy atom. The van der Waals surface area contributed by atoms with E-state index in [-0.39, 0.29) is 24.9 Å². The average molecular weight is 213 g/mol. The molecule has 0 aromatic rings. The molecule has 0 radical (unpaired) electrons. The Morgan fingerprint density at radius 1 is 1.47 bits per heavy atom. The molecule has 0 aromatic carbocycles. The van der Waals surface area contributed by atoms with Crippen LogP contribution in [0.3, 0.4) is 0 Å². The standard InChI is InChI=1S/C11H19NO2.CH4/c1-14-10(13)11-4-2-3-8(6-11)5-9(12)7-11;/h8-9H,2-7,12H2,1H3;1H4. The molecule has 2 N–H and O–H groups in total. The van der Waals surface area contributed by atoms with Gasteiger partial charge in [0.15, 0.2) is 0 Å². The first kappa shape index (κ1) is 12.5. The van der Waals surface area contributed by atoms with Gasteiger partial charge in [0, 0.05) is 6.04 Å². The fourth-order valence-electron chi connectivity index (χ4n) is 3.37. The molecule has 0 amide bonds. The summed E-state index contributed by atoms with van der Waals surface area (Å²) in [5, 5.41) is 0. The number of rotatable bonds is 1. The zero-order chi connectivity index (χ0) is 10.2. The van der Waals surface area contributed by atoms with Crippen molar-refractivity contribution in [1.29, 1.82) is 0 Å². The number of carbonyl (C=O) groups excluding carboxylic acids is 1. The van der Waals surface area contributed by atoms with E-state index in [1.54, 1.807) is 0 Å². The predicted octanol–water partition coefficient (Wildman–Crippen LogP) is 2.09. The Labute approximate surface area is 92.4 Å². The molecule has 3 nitrogen and oxygen atoms in total. The minimum atomic E-state index is -0.227. The zero-order valence-electron chi connectivity index (χ0n) is 8.79. The molecule has 0 aliphatic heterocycles. The van der Waals surface area contributed by atoms with Crippen LogP contribution in [0.4, 0.5) is 0 Å². The molecular formula is C12H23NO2. The van der Waals surface area contributed by atoms with E-state index in [2.05, 4.69) is 0 Å². The van der Waals surface area contributed by atoms with E-state index < -0.39 is 0 Å². The molecule has 0 spiro atoms. The quantitative estimate of drug-likeness (QED) is 0.679. The van der Waals surface area contributed by atoms with Crippen molar-refractivity contribution in [2.24, 2.45) is 17.1 Å². The Bertz CT molecular complexity index is 238. The van der Waals surface area contributed by atoms with Gasteiger partial charge in [-0.2, -0.15) is 0 Å². The van der Waals surface area contributed by atoms with Crippen LogP contribution in [-0.4, -0.2) is 19.1 Å². The molecule has 2 aliphatic rings. The number of hydrogen-bond donors (Lipinski definition) is 1. The van der Waals surface area contributed by atoms with Gasteiger partial charge in [0.05, 0.1) is 12.5 Å². The second kappa shape index (κ2) is 4.52. The highest BCUT2D eigenvalue weighted by Crippen LogP contribution is 2.49. The van der Waals surface area contributed by atoms with Gasteiger partial charge in [0.1, 0.15) is 0 Å². The normalized spacial score (nSPS) is 39.1. The van der Waals surface area contributed by atoms with Gasteiger partial charge < -0.3 is 10.5 Å². The van der Waals surface area contributed by atoms with Crippen molar-refractivity contribution in [3.8, 4) is 0 Å². The van der Waals surface area contributed by atoms with Gasteiger partial charge in [-0.05, 0) is 31.6 Å². The summed E-state index contributed by atoms with van der Waals surface area (Å²) in [4.78, 5) is 11.8. The molecule has 2 saturated carbocycles. The molecule has 3 heteroatoms. The van der Waals surface area contributed by atoms with Gasteiger partial charge in [-0.1, -0.05) is 20.3 Å². The monoisotopic (exact) mass is 213 g/mol. The van der Waals surface area contributed by atoms with Crippen molar-refractivity contribution in [2.75, 3.05) is 7.11 Å². The molecule has 2 bridgehead atoms. The Hall–Kier alpha value is -0.570. The van der Waals surface area contributed by atoms with Gasteiger partial charge >= 0.3 is 5.97 Å². The largest absolute Gasteiger partial charge is 0.469 e. The maximum Gasteiger partial charge on any atom is 0.311 e. The summed E-state index contributed by atoms with van der Waals surface area (Å²) in [5.41, 5.74) is 5.77. The van der Waals surface area contributed by atoms with E-state index in [9.17, 15) is 4.79 Å². The topological polar surface area (TPSA) is 52.3 Å². The molecule has 0 saturated heterocycles. The number of hydrogen-bond acceptors (Lipinski definition) is 3. The lowest BCUT2D eigenvalue weighted by Crippen LogP contribution is -2.47. The molecule has 0 aromatic heterocycles. The van der Waals surface area contributed by atoms with Crippen molar-refractivity contribution in [1.82, 2.24) is 0 Å². The highest BCUT2D eigenvalue weighted by atomic mass is 16.5. The Kier molecular flexibility index (Phi) is 3.77. The first-order valence-electron chi connectivity index (χ1n) is 5.50. The molecular weight excluding hydrogens is 190 g/mol. The van der Waals surface area contributed by atoms with E-state index in [0.29, 0.717) is 5.92 Å². The molecule has 2 fully saturated rings. The highest BCUT2D eigenvalue weighted by molar-refractivity contribution is 5.77. The van der Waals surface area contributed by atoms with Crippen LogP contribution >= 0.6 is 0 Å².